The first-order valence-electron chi connectivity index (χ1n) is 8.67. The molecule has 0 aliphatic heterocycles. The number of esters is 1. The van der Waals surface area contributed by atoms with Crippen LogP contribution in [0.2, 0.25) is 0 Å². The van der Waals surface area contributed by atoms with E-state index in [1.165, 1.54) is 10.4 Å². The summed E-state index contributed by atoms with van der Waals surface area (Å²) in [6.07, 6.45) is 1.50. The summed E-state index contributed by atoms with van der Waals surface area (Å²) in [6, 6.07) is 3.06. The van der Waals surface area contributed by atoms with Gasteiger partial charge in [0.2, 0.25) is 10.0 Å². The van der Waals surface area contributed by atoms with Crippen molar-refractivity contribution in [2.75, 3.05) is 46.6 Å². The molecule has 2 rings (SSSR count). The van der Waals surface area contributed by atoms with Gasteiger partial charge < -0.3 is 19.9 Å². The molecule has 1 saturated carbocycles. The van der Waals surface area contributed by atoms with Gasteiger partial charge in [0.25, 0.3) is 0 Å². The summed E-state index contributed by atoms with van der Waals surface area (Å²) in [6.45, 7) is 1.95. The average Bonchev–Trinajstić information content (AvgIpc) is 3.48. The van der Waals surface area contributed by atoms with Crippen LogP contribution in [0.5, 0.6) is 0 Å². The first kappa shape index (κ1) is 21.7. The normalized spacial score (nSPS) is 14.5. The molecule has 10 heteroatoms. The van der Waals surface area contributed by atoms with Crippen molar-refractivity contribution >= 4 is 16.0 Å². The number of hydrogen-bond donors (Lipinski definition) is 1. The Morgan fingerprint density at radius 1 is 1.22 bits per heavy atom. The molecule has 1 aromatic rings. The first-order valence-corrected chi connectivity index (χ1v) is 10.1. The Labute approximate surface area is 158 Å². The Morgan fingerprint density at radius 3 is 2.44 bits per heavy atom. The van der Waals surface area contributed by atoms with E-state index in [4.69, 9.17) is 15.2 Å². The molecule has 0 bridgehead atoms. The second-order valence-electron chi connectivity index (χ2n) is 5.99. The van der Waals surface area contributed by atoms with Gasteiger partial charge in [0.1, 0.15) is 5.82 Å². The van der Waals surface area contributed by atoms with Crippen LogP contribution in [0.1, 0.15) is 23.2 Å². The highest BCUT2D eigenvalue weighted by atomic mass is 32.2. The van der Waals surface area contributed by atoms with Gasteiger partial charge in [-0.15, -0.1) is 0 Å². The molecule has 152 valence electrons. The van der Waals surface area contributed by atoms with Gasteiger partial charge in [0.05, 0.1) is 44.0 Å². The van der Waals surface area contributed by atoms with Crippen LogP contribution in [0.15, 0.2) is 23.1 Å². The predicted molar refractivity (Wildman–Crippen MR) is 95.3 cm³/mol. The van der Waals surface area contributed by atoms with E-state index in [0.29, 0.717) is 26.4 Å². The number of nitrogens with two attached hydrogens (primary N) is 1. The highest BCUT2D eigenvalue weighted by Crippen LogP contribution is 2.32. The lowest BCUT2D eigenvalue weighted by Gasteiger charge is -2.22. The third kappa shape index (κ3) is 5.94. The monoisotopic (exact) mass is 404 g/mol. The molecule has 0 radical (unpaired) electrons. The fourth-order valence-corrected chi connectivity index (χ4v) is 4.17. The van der Waals surface area contributed by atoms with Crippen LogP contribution < -0.4 is 5.73 Å². The minimum atomic E-state index is -3.90. The van der Waals surface area contributed by atoms with Crippen LogP contribution in [0.4, 0.5) is 4.39 Å². The van der Waals surface area contributed by atoms with E-state index < -0.39 is 21.8 Å². The van der Waals surface area contributed by atoms with Crippen molar-refractivity contribution in [1.29, 1.82) is 0 Å². The summed E-state index contributed by atoms with van der Waals surface area (Å²) in [5, 5.41) is 0. The zero-order valence-corrected chi connectivity index (χ0v) is 16.0. The summed E-state index contributed by atoms with van der Waals surface area (Å²) < 4.78 is 56.2. The third-order valence-corrected chi connectivity index (χ3v) is 5.94. The Kier molecular flexibility index (Phi) is 8.11. The van der Waals surface area contributed by atoms with Gasteiger partial charge in [-0.3, -0.25) is 0 Å². The van der Waals surface area contributed by atoms with E-state index in [1.807, 2.05) is 0 Å². The number of rotatable bonds is 12. The zero-order chi connectivity index (χ0) is 19.9. The molecule has 0 heterocycles. The van der Waals surface area contributed by atoms with Crippen molar-refractivity contribution < 1.29 is 31.8 Å². The number of nitrogens with zero attached hydrogens (tertiary/aromatic N) is 1. The van der Waals surface area contributed by atoms with Gasteiger partial charge in [0, 0.05) is 19.1 Å². The molecule has 2 N–H and O–H groups in total. The second kappa shape index (κ2) is 10.1. The number of benzene rings is 1. The van der Waals surface area contributed by atoms with Gasteiger partial charge in [-0.2, -0.15) is 4.31 Å². The molecule has 1 fully saturated rings. The van der Waals surface area contributed by atoms with E-state index >= 15 is 0 Å². The molecule has 1 aliphatic carbocycles. The molecular formula is C17H25FN2O6S. The van der Waals surface area contributed by atoms with Crippen molar-refractivity contribution in [3.63, 3.8) is 0 Å². The lowest BCUT2D eigenvalue weighted by Crippen LogP contribution is -2.36. The van der Waals surface area contributed by atoms with Crippen LogP contribution in [0.3, 0.4) is 0 Å². The van der Waals surface area contributed by atoms with Gasteiger partial charge in [0.15, 0.2) is 0 Å². The largest absolute Gasteiger partial charge is 0.465 e. The molecular weight excluding hydrogens is 379 g/mol. The maximum atomic E-state index is 14.1. The molecule has 0 amide bonds. The predicted octanol–water partition coefficient (Wildman–Crippen LogP) is 0.757. The first-order chi connectivity index (χ1) is 12.9. The molecule has 0 saturated heterocycles. The molecule has 1 aromatic carbocycles. The Hall–Kier alpha value is -1.59. The lowest BCUT2D eigenvalue weighted by atomic mass is 10.2. The fraction of sp³-hybridized carbons (Fsp3) is 0.588. The molecule has 27 heavy (non-hydrogen) atoms. The van der Waals surface area contributed by atoms with E-state index in [-0.39, 0.29) is 29.7 Å². The maximum Gasteiger partial charge on any atom is 0.340 e. The molecule has 0 unspecified atom stereocenters. The fourth-order valence-electron chi connectivity index (χ4n) is 2.49. The number of carbonyl (C=O) groups is 1. The van der Waals surface area contributed by atoms with Crippen LogP contribution in [0.25, 0.3) is 0 Å². The summed E-state index contributed by atoms with van der Waals surface area (Å²) in [5.74, 6) is -1.80. The van der Waals surface area contributed by atoms with Crippen LogP contribution in [-0.2, 0) is 24.2 Å². The summed E-state index contributed by atoms with van der Waals surface area (Å²) in [4.78, 5) is 11.3. The van der Waals surface area contributed by atoms with Crippen molar-refractivity contribution in [1.82, 2.24) is 4.31 Å². The Bertz CT molecular complexity index is 739. The highest BCUT2D eigenvalue weighted by Gasteiger charge is 2.38. The molecule has 8 nitrogen and oxygen atoms in total. The number of methoxy groups -OCH3 is 1. The van der Waals surface area contributed by atoms with Gasteiger partial charge in [-0.25, -0.2) is 17.6 Å². The van der Waals surface area contributed by atoms with Crippen LogP contribution in [0, 0.1) is 5.82 Å². The van der Waals surface area contributed by atoms with Crippen molar-refractivity contribution in [2.24, 2.45) is 5.73 Å². The number of hydrogen-bond acceptors (Lipinski definition) is 7. The molecule has 0 aromatic heterocycles. The van der Waals surface area contributed by atoms with Crippen molar-refractivity contribution in [3.8, 4) is 0 Å². The number of sulfonamides is 1. The lowest BCUT2D eigenvalue weighted by molar-refractivity contribution is 0.0469. The maximum absolute atomic E-state index is 14.1. The van der Waals surface area contributed by atoms with Crippen molar-refractivity contribution in [2.45, 2.75) is 23.8 Å². The SMILES string of the molecule is COC(=O)c1ccc(S(=O)(=O)N(CCOCCOCCN)C2CC2)cc1F. The minimum absolute atomic E-state index is 0.115. The minimum Gasteiger partial charge on any atom is -0.465 e. The average molecular weight is 404 g/mol. The quantitative estimate of drug-likeness (QED) is 0.405. The third-order valence-electron chi connectivity index (χ3n) is 4.00. The topological polar surface area (TPSA) is 108 Å². The molecule has 0 spiro atoms. The standard InChI is InChI=1S/C17H25FN2O6S/c1-24-17(21)15-5-4-14(12-16(15)18)27(22,23)20(13-2-3-13)7-9-26-11-10-25-8-6-19/h4-5,12-13H,2-3,6-11,19H2,1H3. The van der Waals surface area contributed by atoms with Crippen LogP contribution >= 0.6 is 0 Å². The summed E-state index contributed by atoms with van der Waals surface area (Å²) >= 11 is 0. The van der Waals surface area contributed by atoms with Crippen LogP contribution in [-0.4, -0.2) is 71.4 Å². The summed E-state index contributed by atoms with van der Waals surface area (Å²) in [5.41, 5.74) is 5.00. The summed E-state index contributed by atoms with van der Waals surface area (Å²) in [7, 11) is -2.77. The number of ether oxygens (including phenoxy) is 3. The molecule has 1 aliphatic rings. The zero-order valence-electron chi connectivity index (χ0n) is 15.2. The Morgan fingerprint density at radius 2 is 1.89 bits per heavy atom. The van der Waals surface area contributed by atoms with E-state index in [1.54, 1.807) is 0 Å². The van der Waals surface area contributed by atoms with Gasteiger partial charge >= 0.3 is 5.97 Å². The van der Waals surface area contributed by atoms with E-state index in [0.717, 1.165) is 32.1 Å². The number of carbonyl (C=O) groups excluding carboxylic acids is 1. The Balaban J connectivity index is 2.01. The van der Waals surface area contributed by atoms with Crippen molar-refractivity contribution in [3.05, 3.63) is 29.6 Å². The van der Waals surface area contributed by atoms with Gasteiger partial charge in [-0.1, -0.05) is 0 Å². The smallest absolute Gasteiger partial charge is 0.340 e. The van der Waals surface area contributed by atoms with Gasteiger partial charge in [-0.05, 0) is 31.0 Å². The van der Waals surface area contributed by atoms with E-state index in [2.05, 4.69) is 4.74 Å². The van der Waals surface area contributed by atoms with E-state index in [9.17, 15) is 17.6 Å². The molecule has 0 atom stereocenters. The second-order valence-corrected chi connectivity index (χ2v) is 7.88. The highest BCUT2D eigenvalue weighted by molar-refractivity contribution is 7.89. The number of halogens is 1.